The van der Waals surface area contributed by atoms with E-state index in [1.807, 2.05) is 20.9 Å². The average Bonchev–Trinajstić information content (AvgIpc) is 3.03. The fourth-order valence-corrected chi connectivity index (χ4v) is 8.20. The van der Waals surface area contributed by atoms with Crippen molar-refractivity contribution in [2.45, 2.75) is 62.3 Å². The SMILES string of the molecule is CC1CN(C)[C@H](C)CN1c1nc(=O)n2c3c(c(-c4cc(Cl)c(F)cc4F)c(C(F)(F)F)cc13)SCC1(C2)CC(F)(F)C1. The third-order valence-corrected chi connectivity index (χ3v) is 10.4. The normalized spacial score (nSPS) is 23.7. The summed E-state index contributed by atoms with van der Waals surface area (Å²) in [5, 5.41) is -0.581. The van der Waals surface area contributed by atoms with Gasteiger partial charge in [-0.1, -0.05) is 11.6 Å². The van der Waals surface area contributed by atoms with Crippen molar-refractivity contribution in [3.8, 4) is 11.1 Å². The number of benzene rings is 2. The molecule has 226 valence electrons. The second-order valence-corrected chi connectivity index (χ2v) is 13.3. The highest BCUT2D eigenvalue weighted by Gasteiger charge is 2.57. The Morgan fingerprint density at radius 3 is 2.38 bits per heavy atom. The molecular weight excluding hydrogens is 609 g/mol. The number of thioether (sulfide) groups is 1. The van der Waals surface area contributed by atoms with Crippen LogP contribution in [-0.2, 0) is 12.7 Å². The molecule has 3 aliphatic rings. The molecule has 0 amide bonds. The fourth-order valence-electron chi connectivity index (χ4n) is 6.56. The molecule has 1 aromatic heterocycles. The van der Waals surface area contributed by atoms with Gasteiger partial charge in [0, 0.05) is 83.2 Å². The number of piperazine rings is 1. The number of rotatable bonds is 2. The summed E-state index contributed by atoms with van der Waals surface area (Å²) in [6, 6.07) is 1.79. The van der Waals surface area contributed by atoms with Crippen molar-refractivity contribution in [1.82, 2.24) is 14.5 Å². The van der Waals surface area contributed by atoms with Gasteiger partial charge in [0.2, 0.25) is 5.92 Å². The van der Waals surface area contributed by atoms with E-state index < -0.39 is 69.4 Å². The van der Waals surface area contributed by atoms with Gasteiger partial charge in [-0.05, 0) is 33.0 Å². The molecule has 0 radical (unpaired) electrons. The highest BCUT2D eigenvalue weighted by Crippen LogP contribution is 2.58. The first-order chi connectivity index (χ1) is 19.5. The molecule has 0 N–H and O–H groups in total. The number of aromatic nitrogens is 2. The van der Waals surface area contributed by atoms with Gasteiger partial charge in [-0.3, -0.25) is 9.47 Å². The zero-order valence-electron chi connectivity index (χ0n) is 22.8. The summed E-state index contributed by atoms with van der Waals surface area (Å²) in [5.74, 6) is -5.40. The van der Waals surface area contributed by atoms with Gasteiger partial charge in [0.05, 0.1) is 16.1 Å². The van der Waals surface area contributed by atoms with Crippen molar-refractivity contribution < 1.29 is 30.7 Å². The predicted molar refractivity (Wildman–Crippen MR) is 148 cm³/mol. The molecule has 14 heteroatoms. The zero-order valence-corrected chi connectivity index (χ0v) is 24.3. The molecule has 6 rings (SSSR count). The van der Waals surface area contributed by atoms with E-state index in [1.165, 1.54) is 0 Å². The summed E-state index contributed by atoms with van der Waals surface area (Å²) in [7, 11) is 1.92. The largest absolute Gasteiger partial charge is 0.417 e. The van der Waals surface area contributed by atoms with Gasteiger partial charge < -0.3 is 4.90 Å². The van der Waals surface area contributed by atoms with Crippen LogP contribution in [0.2, 0.25) is 5.02 Å². The third-order valence-electron chi connectivity index (χ3n) is 8.64. The Bertz CT molecular complexity index is 1670. The first-order valence-corrected chi connectivity index (χ1v) is 14.7. The predicted octanol–water partition coefficient (Wildman–Crippen LogP) is 7.06. The lowest BCUT2D eigenvalue weighted by molar-refractivity contribution is -0.156. The number of anilines is 1. The molecule has 2 atom stereocenters. The molecule has 3 heterocycles. The topological polar surface area (TPSA) is 41.4 Å². The van der Waals surface area contributed by atoms with E-state index in [2.05, 4.69) is 9.88 Å². The van der Waals surface area contributed by atoms with Gasteiger partial charge in [0.1, 0.15) is 17.5 Å². The van der Waals surface area contributed by atoms with Crippen LogP contribution in [0.25, 0.3) is 22.0 Å². The maximum atomic E-state index is 15.3. The molecular formula is C28H26ClF7N4OS. The Morgan fingerprint density at radius 2 is 1.74 bits per heavy atom. The summed E-state index contributed by atoms with van der Waals surface area (Å²) >= 11 is 6.78. The average molecular weight is 635 g/mol. The van der Waals surface area contributed by atoms with Crippen LogP contribution in [0.5, 0.6) is 0 Å². The van der Waals surface area contributed by atoms with Gasteiger partial charge in [0.15, 0.2) is 0 Å². The Morgan fingerprint density at radius 1 is 1.05 bits per heavy atom. The second kappa shape index (κ2) is 9.75. The van der Waals surface area contributed by atoms with Crippen molar-refractivity contribution in [2.75, 3.05) is 30.8 Å². The van der Waals surface area contributed by atoms with Crippen molar-refractivity contribution in [3.05, 3.63) is 50.9 Å². The van der Waals surface area contributed by atoms with E-state index in [1.54, 1.807) is 4.90 Å². The molecule has 3 aromatic rings. The first-order valence-electron chi connectivity index (χ1n) is 13.3. The minimum Gasteiger partial charge on any atom is -0.350 e. The number of nitrogens with zero attached hydrogens (tertiary/aromatic N) is 4. The van der Waals surface area contributed by atoms with Gasteiger partial charge in [-0.25, -0.2) is 22.4 Å². The van der Waals surface area contributed by atoms with Crippen LogP contribution in [0.4, 0.5) is 36.6 Å². The molecule has 0 bridgehead atoms. The summed E-state index contributed by atoms with van der Waals surface area (Å²) in [6.45, 7) is 4.55. The van der Waals surface area contributed by atoms with E-state index in [0.29, 0.717) is 19.2 Å². The highest BCUT2D eigenvalue weighted by atomic mass is 35.5. The van der Waals surface area contributed by atoms with Crippen LogP contribution in [0.15, 0.2) is 27.9 Å². The smallest absolute Gasteiger partial charge is 0.350 e. The molecule has 1 saturated carbocycles. The molecule has 1 aliphatic carbocycles. The van der Waals surface area contributed by atoms with Crippen LogP contribution >= 0.6 is 23.4 Å². The van der Waals surface area contributed by atoms with Crippen LogP contribution in [0.3, 0.4) is 0 Å². The summed E-state index contributed by atoms with van der Waals surface area (Å²) < 4.78 is 103. The maximum absolute atomic E-state index is 15.3. The number of hydrogen-bond acceptors (Lipinski definition) is 5. The molecule has 42 heavy (non-hydrogen) atoms. The fraction of sp³-hybridized carbons (Fsp3) is 0.500. The van der Waals surface area contributed by atoms with E-state index in [0.717, 1.165) is 28.5 Å². The van der Waals surface area contributed by atoms with Crippen LogP contribution in [-0.4, -0.2) is 58.3 Å². The minimum absolute atomic E-state index is 0.00790. The highest BCUT2D eigenvalue weighted by molar-refractivity contribution is 7.99. The summed E-state index contributed by atoms with van der Waals surface area (Å²) in [4.78, 5) is 21.7. The number of hydrogen-bond donors (Lipinski definition) is 0. The maximum Gasteiger partial charge on any atom is 0.417 e. The Hall–Kier alpha value is -2.51. The van der Waals surface area contributed by atoms with Gasteiger partial charge >= 0.3 is 11.9 Å². The van der Waals surface area contributed by atoms with Crippen LogP contribution in [0.1, 0.15) is 32.3 Å². The Kier molecular flexibility index (Phi) is 6.86. The molecule has 2 aromatic carbocycles. The number of alkyl halides is 5. The lowest BCUT2D eigenvalue weighted by atomic mass is 9.67. The first kappa shape index (κ1) is 29.6. The lowest BCUT2D eigenvalue weighted by Gasteiger charge is -2.46. The van der Waals surface area contributed by atoms with Gasteiger partial charge in [0.25, 0.3) is 0 Å². The standard InChI is InChI=1S/C28H26ClF7N4OS/c1-13-8-39(14(2)7-38(13)3)24-16-4-17(28(34,35)36)21(15-5-18(29)20(31)6-19(15)30)23-22(16)40(25(41)37-24)11-26(12-42-23)9-27(32,33)10-26/h4-6,13-14H,7-12H2,1-3H3/t13-,14?/m1/s1. The van der Waals surface area contributed by atoms with Crippen molar-refractivity contribution >= 4 is 40.1 Å². The van der Waals surface area contributed by atoms with Crippen LogP contribution < -0.4 is 10.6 Å². The molecule has 1 unspecified atom stereocenters. The van der Waals surface area contributed by atoms with E-state index in [-0.39, 0.29) is 46.0 Å². The molecule has 1 spiro atoms. The quantitative estimate of drug-likeness (QED) is 0.223. The van der Waals surface area contributed by atoms with Crippen molar-refractivity contribution in [1.29, 1.82) is 0 Å². The van der Waals surface area contributed by atoms with Crippen molar-refractivity contribution in [2.24, 2.45) is 5.41 Å². The third kappa shape index (κ3) is 4.75. The number of likely N-dealkylation sites (N-methyl/N-ethyl adjacent to an activating group) is 1. The Balaban J connectivity index is 1.71. The second-order valence-electron chi connectivity index (χ2n) is 11.9. The zero-order chi connectivity index (χ0) is 30.5. The molecule has 2 fully saturated rings. The summed E-state index contributed by atoms with van der Waals surface area (Å²) in [5.41, 5.74) is -4.27. The lowest BCUT2D eigenvalue weighted by Crippen LogP contribution is -2.55. The monoisotopic (exact) mass is 634 g/mol. The summed E-state index contributed by atoms with van der Waals surface area (Å²) in [6.07, 6.45) is -6.12. The Labute approximate surface area is 245 Å². The van der Waals surface area contributed by atoms with E-state index >= 15 is 4.39 Å². The van der Waals surface area contributed by atoms with Gasteiger partial charge in [-0.2, -0.15) is 18.2 Å². The minimum atomic E-state index is -5.01. The van der Waals surface area contributed by atoms with E-state index in [9.17, 15) is 31.1 Å². The van der Waals surface area contributed by atoms with Gasteiger partial charge in [-0.15, -0.1) is 11.8 Å². The van der Waals surface area contributed by atoms with E-state index in [4.69, 9.17) is 11.6 Å². The van der Waals surface area contributed by atoms with Crippen molar-refractivity contribution in [3.63, 3.8) is 0 Å². The molecule has 1 saturated heterocycles. The number of halogens is 8. The van der Waals surface area contributed by atoms with Crippen LogP contribution in [0, 0.1) is 17.0 Å². The molecule has 5 nitrogen and oxygen atoms in total. The molecule has 2 aliphatic heterocycles.